The van der Waals surface area contributed by atoms with E-state index in [0.717, 1.165) is 23.6 Å². The molecule has 1 unspecified atom stereocenters. The number of rotatable bonds is 5. The summed E-state index contributed by atoms with van der Waals surface area (Å²) < 4.78 is 0.805. The van der Waals surface area contributed by atoms with Crippen molar-refractivity contribution >= 4 is 28.8 Å². The van der Waals surface area contributed by atoms with Crippen LogP contribution in [0.2, 0.25) is 4.34 Å². The van der Waals surface area contributed by atoms with Crippen molar-refractivity contribution in [3.05, 3.63) is 56.7 Å². The smallest absolute Gasteiger partial charge is 0.220 e. The first kappa shape index (κ1) is 14.6. The number of nitrogens with one attached hydrogen (secondary N) is 1. The predicted molar refractivity (Wildman–Crippen MR) is 88.2 cm³/mol. The highest BCUT2D eigenvalue weighted by atomic mass is 35.5. The van der Waals surface area contributed by atoms with Crippen LogP contribution in [0.25, 0.3) is 0 Å². The molecule has 1 amide bonds. The molecule has 0 bridgehead atoms. The molecule has 1 aromatic heterocycles. The Balaban J connectivity index is 1.47. The van der Waals surface area contributed by atoms with E-state index in [2.05, 4.69) is 29.6 Å². The van der Waals surface area contributed by atoms with Gasteiger partial charge in [-0.05, 0) is 48.4 Å². The lowest BCUT2D eigenvalue weighted by Gasteiger charge is -2.11. The van der Waals surface area contributed by atoms with Crippen molar-refractivity contribution in [2.75, 3.05) is 6.54 Å². The van der Waals surface area contributed by atoms with Crippen molar-refractivity contribution in [1.82, 2.24) is 5.32 Å². The van der Waals surface area contributed by atoms with E-state index in [1.807, 2.05) is 12.1 Å². The van der Waals surface area contributed by atoms with Crippen LogP contribution in [-0.2, 0) is 17.6 Å². The Morgan fingerprint density at radius 2 is 2.14 bits per heavy atom. The molecule has 0 saturated heterocycles. The Morgan fingerprint density at radius 1 is 1.29 bits per heavy atom. The molecule has 0 aliphatic heterocycles. The number of aryl methyl sites for hydroxylation is 1. The van der Waals surface area contributed by atoms with Crippen LogP contribution in [0, 0.1) is 0 Å². The Kier molecular flexibility index (Phi) is 4.61. The zero-order chi connectivity index (χ0) is 14.7. The van der Waals surface area contributed by atoms with Gasteiger partial charge in [-0.1, -0.05) is 35.9 Å². The van der Waals surface area contributed by atoms with Gasteiger partial charge in [-0.2, -0.15) is 0 Å². The van der Waals surface area contributed by atoms with Crippen molar-refractivity contribution in [3.63, 3.8) is 0 Å². The van der Waals surface area contributed by atoms with Crippen LogP contribution >= 0.6 is 22.9 Å². The largest absolute Gasteiger partial charge is 0.356 e. The fourth-order valence-electron chi connectivity index (χ4n) is 2.96. The van der Waals surface area contributed by atoms with Crippen molar-refractivity contribution < 1.29 is 4.79 Å². The van der Waals surface area contributed by atoms with E-state index in [-0.39, 0.29) is 5.91 Å². The van der Waals surface area contributed by atoms with E-state index < -0.39 is 0 Å². The van der Waals surface area contributed by atoms with Gasteiger partial charge in [-0.25, -0.2) is 0 Å². The van der Waals surface area contributed by atoms with Gasteiger partial charge in [0.25, 0.3) is 0 Å². The second-order valence-electron chi connectivity index (χ2n) is 5.44. The average molecular weight is 320 g/mol. The minimum Gasteiger partial charge on any atom is -0.356 e. The van der Waals surface area contributed by atoms with Crippen molar-refractivity contribution in [2.24, 2.45) is 0 Å². The molecule has 3 rings (SSSR count). The molecule has 1 atom stereocenters. The molecule has 1 heterocycles. The van der Waals surface area contributed by atoms with Crippen LogP contribution in [0.1, 0.15) is 34.8 Å². The van der Waals surface area contributed by atoms with Gasteiger partial charge < -0.3 is 5.32 Å². The van der Waals surface area contributed by atoms with Crippen molar-refractivity contribution in [3.8, 4) is 0 Å². The van der Waals surface area contributed by atoms with Crippen molar-refractivity contribution in [1.29, 1.82) is 0 Å². The number of hydrogen-bond donors (Lipinski definition) is 1. The summed E-state index contributed by atoms with van der Waals surface area (Å²) >= 11 is 7.47. The number of halogens is 1. The summed E-state index contributed by atoms with van der Waals surface area (Å²) in [5.41, 5.74) is 2.77. The maximum atomic E-state index is 12.1. The molecule has 21 heavy (non-hydrogen) atoms. The Bertz CT molecular complexity index is 637. The molecule has 0 spiro atoms. The highest BCUT2D eigenvalue weighted by Gasteiger charge is 2.23. The first-order chi connectivity index (χ1) is 10.2. The van der Waals surface area contributed by atoms with Gasteiger partial charge >= 0.3 is 0 Å². The number of carbonyl (C=O) groups is 1. The number of thiophene rings is 1. The maximum Gasteiger partial charge on any atom is 0.220 e. The fraction of sp³-hybridized carbons (Fsp3) is 0.353. The van der Waals surface area contributed by atoms with E-state index >= 15 is 0 Å². The summed E-state index contributed by atoms with van der Waals surface area (Å²) in [6.07, 6.45) is 3.64. The Hall–Kier alpha value is -1.32. The lowest BCUT2D eigenvalue weighted by molar-refractivity contribution is -0.121. The standard InChI is InChI=1S/C17H18ClNOS/c18-16-8-7-14(21-16)9-10-19-17(20)11-13-6-5-12-3-1-2-4-15(12)13/h1-4,7-8,13H,5-6,9-11H2,(H,19,20). The highest BCUT2D eigenvalue weighted by molar-refractivity contribution is 7.16. The van der Waals surface area contributed by atoms with E-state index in [0.29, 0.717) is 18.9 Å². The second-order valence-corrected chi connectivity index (χ2v) is 7.24. The summed E-state index contributed by atoms with van der Waals surface area (Å²) in [7, 11) is 0. The third-order valence-corrected chi connectivity index (χ3v) is 5.30. The molecule has 1 aliphatic carbocycles. The molecule has 4 heteroatoms. The molecule has 1 aliphatic rings. The summed E-state index contributed by atoms with van der Waals surface area (Å²) in [6.45, 7) is 0.685. The van der Waals surface area contributed by atoms with Crippen LogP contribution in [0.5, 0.6) is 0 Å². The van der Waals surface area contributed by atoms with Gasteiger partial charge in [-0.15, -0.1) is 11.3 Å². The van der Waals surface area contributed by atoms with Crippen LogP contribution in [0.4, 0.5) is 0 Å². The average Bonchev–Trinajstić information content (AvgIpc) is 3.06. The summed E-state index contributed by atoms with van der Waals surface area (Å²) in [6, 6.07) is 12.4. The maximum absolute atomic E-state index is 12.1. The molecule has 0 radical (unpaired) electrons. The molecule has 0 fully saturated rings. The van der Waals surface area contributed by atoms with E-state index in [1.165, 1.54) is 16.0 Å². The first-order valence-electron chi connectivity index (χ1n) is 7.31. The summed E-state index contributed by atoms with van der Waals surface area (Å²) in [5.74, 6) is 0.539. The summed E-state index contributed by atoms with van der Waals surface area (Å²) in [4.78, 5) is 13.3. The zero-order valence-corrected chi connectivity index (χ0v) is 13.3. The minimum absolute atomic E-state index is 0.152. The molecule has 1 aromatic carbocycles. The Labute approximate surface area is 134 Å². The molecule has 110 valence electrons. The number of hydrogen-bond acceptors (Lipinski definition) is 2. The third kappa shape index (κ3) is 3.66. The quantitative estimate of drug-likeness (QED) is 0.880. The highest BCUT2D eigenvalue weighted by Crippen LogP contribution is 2.35. The topological polar surface area (TPSA) is 29.1 Å². The molecule has 2 nitrogen and oxygen atoms in total. The van der Waals surface area contributed by atoms with Crippen molar-refractivity contribution in [2.45, 2.75) is 31.6 Å². The zero-order valence-electron chi connectivity index (χ0n) is 11.8. The number of fused-ring (bicyclic) bond motifs is 1. The lowest BCUT2D eigenvalue weighted by atomic mass is 9.97. The van der Waals surface area contributed by atoms with Gasteiger partial charge in [0.1, 0.15) is 0 Å². The van der Waals surface area contributed by atoms with E-state index in [4.69, 9.17) is 11.6 Å². The van der Waals surface area contributed by atoms with Gasteiger partial charge in [0.2, 0.25) is 5.91 Å². The van der Waals surface area contributed by atoms with E-state index in [1.54, 1.807) is 11.3 Å². The SMILES string of the molecule is O=C(CC1CCc2ccccc21)NCCc1ccc(Cl)s1. The minimum atomic E-state index is 0.152. The van der Waals surface area contributed by atoms with Gasteiger partial charge in [0.15, 0.2) is 0 Å². The van der Waals surface area contributed by atoms with Gasteiger partial charge in [0.05, 0.1) is 4.34 Å². The molecular formula is C17H18ClNOS. The van der Waals surface area contributed by atoms with Crippen LogP contribution in [0.15, 0.2) is 36.4 Å². The predicted octanol–water partition coefficient (Wildman–Crippen LogP) is 4.18. The normalized spacial score (nSPS) is 16.7. The van der Waals surface area contributed by atoms with Crippen LogP contribution in [0.3, 0.4) is 0 Å². The molecule has 0 saturated carbocycles. The number of carbonyl (C=O) groups excluding carboxylic acids is 1. The van der Waals surface area contributed by atoms with Gasteiger partial charge in [0, 0.05) is 17.8 Å². The third-order valence-electron chi connectivity index (χ3n) is 4.01. The number of amides is 1. The van der Waals surface area contributed by atoms with E-state index in [9.17, 15) is 4.79 Å². The fourth-order valence-corrected chi connectivity index (χ4v) is 4.05. The first-order valence-corrected chi connectivity index (χ1v) is 8.50. The second kappa shape index (κ2) is 6.63. The summed E-state index contributed by atoms with van der Waals surface area (Å²) in [5, 5.41) is 3.02. The van der Waals surface area contributed by atoms with Gasteiger partial charge in [-0.3, -0.25) is 4.79 Å². The number of benzene rings is 1. The molecule has 2 aromatic rings. The van der Waals surface area contributed by atoms with Crippen LogP contribution in [-0.4, -0.2) is 12.5 Å². The molecular weight excluding hydrogens is 302 g/mol. The Morgan fingerprint density at radius 3 is 2.95 bits per heavy atom. The van der Waals surface area contributed by atoms with Crippen LogP contribution < -0.4 is 5.32 Å². The monoisotopic (exact) mass is 319 g/mol. The molecule has 1 N–H and O–H groups in total. The lowest BCUT2D eigenvalue weighted by Crippen LogP contribution is -2.26.